The van der Waals surface area contributed by atoms with E-state index in [9.17, 15) is 4.79 Å². The number of amides is 1. The van der Waals surface area contributed by atoms with Crippen LogP contribution in [0.3, 0.4) is 0 Å². The molecule has 1 fully saturated rings. The summed E-state index contributed by atoms with van der Waals surface area (Å²) in [5.74, 6) is 1.75. The third kappa shape index (κ3) is 2.49. The molecule has 1 aliphatic rings. The molecule has 0 bridgehead atoms. The summed E-state index contributed by atoms with van der Waals surface area (Å²) in [6.45, 7) is 3.18. The van der Waals surface area contributed by atoms with Gasteiger partial charge in [-0.3, -0.25) is 4.79 Å². The van der Waals surface area contributed by atoms with Gasteiger partial charge in [-0.1, -0.05) is 0 Å². The molecule has 1 aromatic rings. The quantitative estimate of drug-likeness (QED) is 0.777. The summed E-state index contributed by atoms with van der Waals surface area (Å²) < 4.78 is 0. The van der Waals surface area contributed by atoms with E-state index in [-0.39, 0.29) is 0 Å². The Balaban J connectivity index is 2.32. The molecule has 1 atom stereocenters. The fraction of sp³-hybridized carbons (Fsp3) is 0.417. The predicted octanol–water partition coefficient (Wildman–Crippen LogP) is 1.31. The molecule has 2 rings (SSSR count). The topological polar surface area (TPSA) is 72.3 Å². The van der Waals surface area contributed by atoms with E-state index < -0.39 is 5.91 Å². The van der Waals surface area contributed by atoms with Crippen molar-refractivity contribution < 1.29 is 4.79 Å². The zero-order chi connectivity index (χ0) is 12.4. The molecule has 4 nitrogen and oxygen atoms in total. The normalized spacial score (nSPS) is 20.3. The van der Waals surface area contributed by atoms with E-state index in [2.05, 4.69) is 11.8 Å². The minimum absolute atomic E-state index is 0.410. The maximum absolute atomic E-state index is 11.3. The van der Waals surface area contributed by atoms with Crippen LogP contribution in [0.5, 0.6) is 0 Å². The van der Waals surface area contributed by atoms with Crippen LogP contribution in [0, 0.1) is 0 Å². The van der Waals surface area contributed by atoms with Gasteiger partial charge < -0.3 is 16.4 Å². The monoisotopic (exact) mass is 251 g/mol. The van der Waals surface area contributed by atoms with Gasteiger partial charge in [-0.2, -0.15) is 11.8 Å². The molecule has 1 heterocycles. The lowest BCUT2D eigenvalue weighted by Gasteiger charge is -2.35. The number of thioether (sulfide) groups is 1. The summed E-state index contributed by atoms with van der Waals surface area (Å²) in [4.78, 5) is 13.6. The van der Waals surface area contributed by atoms with Crippen molar-refractivity contribution in [2.45, 2.75) is 13.0 Å². The molecule has 1 aromatic carbocycles. The van der Waals surface area contributed by atoms with Crippen molar-refractivity contribution in [1.82, 2.24) is 0 Å². The van der Waals surface area contributed by atoms with Crippen molar-refractivity contribution in [1.29, 1.82) is 0 Å². The molecular weight excluding hydrogens is 234 g/mol. The molecule has 0 aliphatic carbocycles. The van der Waals surface area contributed by atoms with Crippen molar-refractivity contribution in [3.63, 3.8) is 0 Å². The zero-order valence-electron chi connectivity index (χ0n) is 9.85. The first-order chi connectivity index (χ1) is 8.09. The number of hydrogen-bond donors (Lipinski definition) is 2. The minimum Gasteiger partial charge on any atom is -0.398 e. The Hall–Kier alpha value is -1.36. The number of carbonyl (C=O) groups is 1. The predicted molar refractivity (Wildman–Crippen MR) is 73.5 cm³/mol. The van der Waals surface area contributed by atoms with Crippen molar-refractivity contribution in [2.75, 3.05) is 28.7 Å². The molecule has 1 aliphatic heterocycles. The molecule has 0 spiro atoms. The van der Waals surface area contributed by atoms with Crippen LogP contribution in [0.2, 0.25) is 0 Å². The van der Waals surface area contributed by atoms with Gasteiger partial charge in [0, 0.05) is 35.5 Å². The Morgan fingerprint density at radius 1 is 1.53 bits per heavy atom. The van der Waals surface area contributed by atoms with Crippen LogP contribution in [0.1, 0.15) is 17.3 Å². The van der Waals surface area contributed by atoms with Gasteiger partial charge in [0.1, 0.15) is 0 Å². The van der Waals surface area contributed by atoms with Crippen LogP contribution in [-0.2, 0) is 0 Å². The molecular formula is C12H17N3OS. The molecule has 92 valence electrons. The van der Waals surface area contributed by atoms with E-state index in [0.717, 1.165) is 23.7 Å². The molecule has 1 unspecified atom stereocenters. The Morgan fingerprint density at radius 2 is 2.29 bits per heavy atom. The highest BCUT2D eigenvalue weighted by Crippen LogP contribution is 2.26. The van der Waals surface area contributed by atoms with Crippen molar-refractivity contribution in [2.24, 2.45) is 5.73 Å². The second-order valence-corrected chi connectivity index (χ2v) is 5.40. The molecule has 1 amide bonds. The summed E-state index contributed by atoms with van der Waals surface area (Å²) >= 11 is 1.96. The van der Waals surface area contributed by atoms with Crippen LogP contribution < -0.4 is 16.4 Å². The summed E-state index contributed by atoms with van der Waals surface area (Å²) in [6, 6.07) is 5.97. The summed E-state index contributed by atoms with van der Waals surface area (Å²) in [6.07, 6.45) is 0. The average molecular weight is 251 g/mol. The lowest BCUT2D eigenvalue weighted by atomic mass is 10.1. The number of nitrogens with two attached hydrogens (primary N) is 2. The molecule has 0 saturated carbocycles. The largest absolute Gasteiger partial charge is 0.398 e. The van der Waals surface area contributed by atoms with E-state index in [4.69, 9.17) is 11.5 Å². The number of nitrogen functional groups attached to an aromatic ring is 1. The van der Waals surface area contributed by atoms with Gasteiger partial charge in [-0.25, -0.2) is 0 Å². The Kier molecular flexibility index (Phi) is 3.47. The SMILES string of the molecule is CC1CSCCN1c1ccc(N)c(C(N)=O)c1. The molecule has 0 radical (unpaired) electrons. The van der Waals surface area contributed by atoms with Crippen LogP contribution >= 0.6 is 11.8 Å². The highest BCUT2D eigenvalue weighted by Gasteiger charge is 2.20. The summed E-state index contributed by atoms with van der Waals surface area (Å²) in [5, 5.41) is 0. The summed E-state index contributed by atoms with van der Waals surface area (Å²) in [7, 11) is 0. The van der Waals surface area contributed by atoms with Crippen LogP contribution in [0.25, 0.3) is 0 Å². The van der Waals surface area contributed by atoms with E-state index in [1.54, 1.807) is 12.1 Å². The Labute approximate surface area is 105 Å². The maximum Gasteiger partial charge on any atom is 0.250 e. The maximum atomic E-state index is 11.3. The van der Waals surface area contributed by atoms with E-state index in [1.165, 1.54) is 0 Å². The van der Waals surface area contributed by atoms with Gasteiger partial charge in [0.2, 0.25) is 0 Å². The zero-order valence-corrected chi connectivity index (χ0v) is 10.7. The molecule has 5 heteroatoms. The van der Waals surface area contributed by atoms with Gasteiger partial charge in [-0.05, 0) is 25.1 Å². The van der Waals surface area contributed by atoms with Crippen LogP contribution in [0.4, 0.5) is 11.4 Å². The lowest BCUT2D eigenvalue weighted by molar-refractivity contribution is 0.100. The standard InChI is InChI=1S/C12H17N3OS/c1-8-7-17-5-4-15(8)9-2-3-11(13)10(6-9)12(14)16/h2-3,6,8H,4-5,7,13H2,1H3,(H2,14,16). The number of nitrogens with zero attached hydrogens (tertiary/aromatic N) is 1. The highest BCUT2D eigenvalue weighted by molar-refractivity contribution is 7.99. The first-order valence-corrected chi connectivity index (χ1v) is 6.79. The Bertz CT molecular complexity index is 436. The smallest absolute Gasteiger partial charge is 0.250 e. The molecule has 0 aromatic heterocycles. The van der Waals surface area contributed by atoms with Crippen LogP contribution in [0.15, 0.2) is 18.2 Å². The molecule has 4 N–H and O–H groups in total. The van der Waals surface area contributed by atoms with E-state index >= 15 is 0 Å². The van der Waals surface area contributed by atoms with Crippen molar-refractivity contribution >= 4 is 29.0 Å². The number of benzene rings is 1. The fourth-order valence-corrected chi connectivity index (χ4v) is 3.06. The minimum atomic E-state index is -0.469. The summed E-state index contributed by atoms with van der Waals surface area (Å²) in [5.41, 5.74) is 12.9. The number of carbonyl (C=O) groups excluding carboxylic acids is 1. The van der Waals surface area contributed by atoms with Gasteiger partial charge in [0.05, 0.1) is 5.56 Å². The number of hydrogen-bond acceptors (Lipinski definition) is 4. The van der Waals surface area contributed by atoms with Crippen molar-refractivity contribution in [3.05, 3.63) is 23.8 Å². The third-order valence-electron chi connectivity index (χ3n) is 3.00. The fourth-order valence-electron chi connectivity index (χ4n) is 2.05. The molecule has 1 saturated heterocycles. The second kappa shape index (κ2) is 4.87. The van der Waals surface area contributed by atoms with Gasteiger partial charge in [0.25, 0.3) is 5.91 Å². The van der Waals surface area contributed by atoms with Gasteiger partial charge in [-0.15, -0.1) is 0 Å². The van der Waals surface area contributed by atoms with E-state index in [0.29, 0.717) is 17.3 Å². The Morgan fingerprint density at radius 3 is 2.94 bits per heavy atom. The lowest BCUT2D eigenvalue weighted by Crippen LogP contribution is -2.40. The average Bonchev–Trinajstić information content (AvgIpc) is 2.30. The van der Waals surface area contributed by atoms with Crippen molar-refractivity contribution in [3.8, 4) is 0 Å². The first kappa shape index (κ1) is 12.1. The van der Waals surface area contributed by atoms with Gasteiger partial charge >= 0.3 is 0 Å². The van der Waals surface area contributed by atoms with Crippen LogP contribution in [-0.4, -0.2) is 30.0 Å². The first-order valence-electron chi connectivity index (χ1n) is 5.63. The van der Waals surface area contributed by atoms with E-state index in [1.807, 2.05) is 17.8 Å². The number of rotatable bonds is 2. The third-order valence-corrected chi connectivity index (χ3v) is 4.19. The number of anilines is 2. The molecule has 17 heavy (non-hydrogen) atoms. The van der Waals surface area contributed by atoms with Gasteiger partial charge in [0.15, 0.2) is 0 Å². The second-order valence-electron chi connectivity index (χ2n) is 4.25. The highest BCUT2D eigenvalue weighted by atomic mass is 32.2. The number of primary amides is 1.